The number of amides is 1. The maximum absolute atomic E-state index is 10.9. The highest BCUT2D eigenvalue weighted by Gasteiger charge is 2.12. The molecule has 1 amide bonds. The molecule has 2 heteroatoms. The number of hydrogen-bond acceptors (Lipinski definition) is 1. The molecule has 0 aliphatic carbocycles. The molecule has 0 spiro atoms. The van der Waals surface area contributed by atoms with Crippen molar-refractivity contribution < 1.29 is 4.79 Å². The van der Waals surface area contributed by atoms with Crippen LogP contribution in [0.25, 0.3) is 0 Å². The largest absolute Gasteiger partial charge is 0.319 e. The third-order valence-corrected chi connectivity index (χ3v) is 1.32. The Morgan fingerprint density at radius 1 is 1.78 bits per heavy atom. The fourth-order valence-corrected chi connectivity index (χ4v) is 0.757. The Kier molecular flexibility index (Phi) is 1.39. The van der Waals surface area contributed by atoms with E-state index in [9.17, 15) is 4.79 Å². The highest BCUT2D eigenvalue weighted by molar-refractivity contribution is 5.94. The molecule has 1 aliphatic rings. The first kappa shape index (κ1) is 6.08. The Bertz CT molecular complexity index is 181. The third kappa shape index (κ3) is 1.02. The summed E-state index contributed by atoms with van der Waals surface area (Å²) in [5.41, 5.74) is 0.667. The molecule has 0 N–H and O–H groups in total. The van der Waals surface area contributed by atoms with Crippen LogP contribution in [0.4, 0.5) is 0 Å². The van der Waals surface area contributed by atoms with Gasteiger partial charge in [-0.25, -0.2) is 0 Å². The summed E-state index contributed by atoms with van der Waals surface area (Å²) >= 11 is 0. The molecule has 0 aromatic carbocycles. The second kappa shape index (κ2) is 2.05. The molecule has 1 aliphatic heterocycles. The van der Waals surface area contributed by atoms with Gasteiger partial charge >= 0.3 is 0 Å². The van der Waals surface area contributed by atoms with Crippen molar-refractivity contribution >= 4 is 5.91 Å². The zero-order valence-corrected chi connectivity index (χ0v) is 5.42. The molecule has 0 saturated carbocycles. The molecule has 1 rings (SSSR count). The van der Waals surface area contributed by atoms with Gasteiger partial charge in [0.2, 0.25) is 0 Å². The van der Waals surface area contributed by atoms with Gasteiger partial charge in [-0.2, -0.15) is 0 Å². The van der Waals surface area contributed by atoms with E-state index in [4.69, 9.17) is 0 Å². The van der Waals surface area contributed by atoms with E-state index in [-0.39, 0.29) is 5.91 Å². The zero-order chi connectivity index (χ0) is 6.85. The second-order valence-corrected chi connectivity index (χ2v) is 2.11. The topological polar surface area (TPSA) is 20.3 Å². The fourth-order valence-electron chi connectivity index (χ4n) is 0.757. The van der Waals surface area contributed by atoms with Crippen molar-refractivity contribution in [3.05, 3.63) is 24.4 Å². The molecule has 0 aromatic rings. The first-order chi connectivity index (χ1) is 4.22. The lowest BCUT2D eigenvalue weighted by Gasteiger charge is -2.16. The first-order valence-electron chi connectivity index (χ1n) is 2.83. The van der Waals surface area contributed by atoms with E-state index in [0.29, 0.717) is 12.0 Å². The quantitative estimate of drug-likeness (QED) is 0.438. The van der Waals surface area contributed by atoms with Gasteiger partial charge in [0.05, 0.1) is 0 Å². The number of carbonyl (C=O) groups excluding carboxylic acids is 1. The molecule has 0 unspecified atom stereocenters. The van der Waals surface area contributed by atoms with Gasteiger partial charge in [0.15, 0.2) is 0 Å². The van der Waals surface area contributed by atoms with Crippen molar-refractivity contribution in [1.82, 2.24) is 4.90 Å². The van der Waals surface area contributed by atoms with Crippen LogP contribution in [0, 0.1) is 0 Å². The highest BCUT2D eigenvalue weighted by Crippen LogP contribution is 2.09. The van der Waals surface area contributed by atoms with Crippen LogP contribution in [0.3, 0.4) is 0 Å². The number of hydrogen-bond donors (Lipinski definition) is 0. The van der Waals surface area contributed by atoms with Crippen LogP contribution in [0.1, 0.15) is 6.42 Å². The van der Waals surface area contributed by atoms with Gasteiger partial charge in [-0.15, -0.1) is 0 Å². The van der Waals surface area contributed by atoms with Gasteiger partial charge in [0.25, 0.3) is 5.91 Å². The normalized spacial score (nSPS) is 19.0. The van der Waals surface area contributed by atoms with E-state index in [1.54, 1.807) is 13.2 Å². The van der Waals surface area contributed by atoms with Gasteiger partial charge in [0.1, 0.15) is 0 Å². The summed E-state index contributed by atoms with van der Waals surface area (Å²) in [6.45, 7) is 3.60. The minimum atomic E-state index is 0.0255. The molecule has 0 fully saturated rings. The molecule has 2 nitrogen and oxygen atoms in total. The third-order valence-electron chi connectivity index (χ3n) is 1.32. The van der Waals surface area contributed by atoms with Crippen LogP contribution in [0.15, 0.2) is 24.4 Å². The molecule has 0 radical (unpaired) electrons. The molecule has 9 heavy (non-hydrogen) atoms. The monoisotopic (exact) mass is 123 g/mol. The van der Waals surface area contributed by atoms with Crippen molar-refractivity contribution in [3.63, 3.8) is 0 Å². The number of nitrogens with zero attached hydrogens (tertiary/aromatic N) is 1. The molecule has 0 aromatic heterocycles. The summed E-state index contributed by atoms with van der Waals surface area (Å²) < 4.78 is 0. The molecule has 0 saturated heterocycles. The average Bonchev–Trinajstić information content (AvgIpc) is 1.83. The van der Waals surface area contributed by atoms with Gasteiger partial charge in [-0.05, 0) is 6.42 Å². The summed E-state index contributed by atoms with van der Waals surface area (Å²) in [5, 5.41) is 0. The molecule has 0 bridgehead atoms. The van der Waals surface area contributed by atoms with E-state index in [0.717, 1.165) is 0 Å². The fraction of sp³-hybridized carbons (Fsp3) is 0.286. The van der Waals surface area contributed by atoms with E-state index in [2.05, 4.69) is 6.58 Å². The van der Waals surface area contributed by atoms with Gasteiger partial charge in [-0.1, -0.05) is 12.7 Å². The summed E-state index contributed by atoms with van der Waals surface area (Å²) in [7, 11) is 1.73. The van der Waals surface area contributed by atoms with Crippen LogP contribution < -0.4 is 0 Å². The van der Waals surface area contributed by atoms with E-state index < -0.39 is 0 Å². The number of likely N-dealkylation sites (N-methyl/N-ethyl adjacent to an activating group) is 1. The molecular weight excluding hydrogens is 114 g/mol. The Morgan fingerprint density at radius 3 is 2.89 bits per heavy atom. The molecule has 1 heterocycles. The highest BCUT2D eigenvalue weighted by atomic mass is 16.2. The smallest absolute Gasteiger partial charge is 0.253 e. The van der Waals surface area contributed by atoms with Gasteiger partial charge in [0, 0.05) is 18.8 Å². The van der Waals surface area contributed by atoms with E-state index in [1.807, 2.05) is 6.08 Å². The summed E-state index contributed by atoms with van der Waals surface area (Å²) in [6.07, 6.45) is 4.38. The van der Waals surface area contributed by atoms with E-state index in [1.165, 1.54) is 4.90 Å². The number of rotatable bonds is 0. The standard InChI is InChI=1S/C7H9NO/c1-6-4-3-5-8(2)7(6)9/h3,5H,1,4H2,2H3. The predicted octanol–water partition coefficient (Wildman–Crippen LogP) is 0.918. The zero-order valence-electron chi connectivity index (χ0n) is 5.42. The maximum atomic E-state index is 10.9. The Morgan fingerprint density at radius 2 is 2.44 bits per heavy atom. The number of carbonyl (C=O) groups is 1. The van der Waals surface area contributed by atoms with Crippen LogP contribution in [0.2, 0.25) is 0 Å². The SMILES string of the molecule is C=C1CC=CN(C)C1=O. The van der Waals surface area contributed by atoms with Gasteiger partial charge < -0.3 is 4.90 Å². The Labute approximate surface area is 54.5 Å². The first-order valence-corrected chi connectivity index (χ1v) is 2.83. The lowest BCUT2D eigenvalue weighted by Crippen LogP contribution is -2.24. The minimum absolute atomic E-state index is 0.0255. The summed E-state index contributed by atoms with van der Waals surface area (Å²) in [4.78, 5) is 12.4. The lowest BCUT2D eigenvalue weighted by molar-refractivity contribution is -0.124. The van der Waals surface area contributed by atoms with Crippen LogP contribution in [-0.2, 0) is 4.79 Å². The summed E-state index contributed by atoms with van der Waals surface area (Å²) in [6, 6.07) is 0. The average molecular weight is 123 g/mol. The van der Waals surface area contributed by atoms with Crippen LogP contribution >= 0.6 is 0 Å². The van der Waals surface area contributed by atoms with Crippen molar-refractivity contribution in [2.45, 2.75) is 6.42 Å². The van der Waals surface area contributed by atoms with E-state index >= 15 is 0 Å². The van der Waals surface area contributed by atoms with Crippen molar-refractivity contribution in [1.29, 1.82) is 0 Å². The van der Waals surface area contributed by atoms with Gasteiger partial charge in [-0.3, -0.25) is 4.79 Å². The van der Waals surface area contributed by atoms with Crippen LogP contribution in [-0.4, -0.2) is 17.9 Å². The minimum Gasteiger partial charge on any atom is -0.319 e. The Balaban J connectivity index is 2.81. The Hall–Kier alpha value is -1.05. The molecule has 48 valence electrons. The molecular formula is C7H9NO. The van der Waals surface area contributed by atoms with Crippen molar-refractivity contribution in [2.75, 3.05) is 7.05 Å². The van der Waals surface area contributed by atoms with Crippen LogP contribution in [0.5, 0.6) is 0 Å². The van der Waals surface area contributed by atoms with Crippen molar-refractivity contribution in [3.8, 4) is 0 Å². The predicted molar refractivity (Wildman–Crippen MR) is 35.7 cm³/mol. The summed E-state index contributed by atoms with van der Waals surface area (Å²) in [5.74, 6) is 0.0255. The number of allylic oxidation sites excluding steroid dienone is 1. The lowest BCUT2D eigenvalue weighted by atomic mass is 10.1. The van der Waals surface area contributed by atoms with Crippen molar-refractivity contribution in [2.24, 2.45) is 0 Å². The second-order valence-electron chi connectivity index (χ2n) is 2.11. The molecule has 0 atom stereocenters. The maximum Gasteiger partial charge on any atom is 0.253 e.